The van der Waals surface area contributed by atoms with Crippen molar-refractivity contribution in [3.8, 4) is 12.3 Å². The minimum absolute atomic E-state index is 0.0531. The minimum Gasteiger partial charge on any atom is -0.394 e. The van der Waals surface area contributed by atoms with Crippen LogP contribution in [0.2, 0.25) is 0 Å². The molecule has 10 heteroatoms. The molecular formula is C13H15N5O5. The van der Waals surface area contributed by atoms with E-state index in [4.69, 9.17) is 21.6 Å². The second-order valence-corrected chi connectivity index (χ2v) is 4.99. The fraction of sp³-hybridized carbons (Fsp3) is 0.462. The first-order valence-corrected chi connectivity index (χ1v) is 6.78. The molecule has 10 nitrogen and oxygen atoms in total. The van der Waals surface area contributed by atoms with Gasteiger partial charge < -0.3 is 25.4 Å². The molecule has 1 saturated heterocycles. The van der Waals surface area contributed by atoms with Gasteiger partial charge in [-0.05, 0) is 0 Å². The zero-order valence-corrected chi connectivity index (χ0v) is 11.9. The van der Waals surface area contributed by atoms with Gasteiger partial charge in [-0.15, -0.1) is 6.42 Å². The summed E-state index contributed by atoms with van der Waals surface area (Å²) in [6, 6.07) is 0. The molecule has 5 N–H and O–H groups in total. The van der Waals surface area contributed by atoms with Crippen LogP contribution in [0.25, 0.3) is 11.2 Å². The molecule has 4 atom stereocenters. The van der Waals surface area contributed by atoms with Gasteiger partial charge in [0.2, 0.25) is 5.95 Å². The van der Waals surface area contributed by atoms with E-state index in [1.807, 2.05) is 0 Å². The van der Waals surface area contributed by atoms with Crippen LogP contribution in [0.15, 0.2) is 11.1 Å². The summed E-state index contributed by atoms with van der Waals surface area (Å²) in [5, 5.41) is 19.5. The molecule has 23 heavy (non-hydrogen) atoms. The lowest BCUT2D eigenvalue weighted by atomic mass is 10.1. The predicted molar refractivity (Wildman–Crippen MR) is 78.1 cm³/mol. The number of imidazole rings is 1. The Kier molecular flexibility index (Phi) is 4.01. The fourth-order valence-corrected chi connectivity index (χ4v) is 2.55. The zero-order chi connectivity index (χ0) is 16.6. The van der Waals surface area contributed by atoms with Crippen LogP contribution in [-0.4, -0.2) is 61.3 Å². The van der Waals surface area contributed by atoms with E-state index in [0.717, 1.165) is 0 Å². The number of hydrogen-bond donors (Lipinski definition) is 4. The van der Waals surface area contributed by atoms with Crippen molar-refractivity contribution in [3.05, 3.63) is 16.7 Å². The Bertz CT molecular complexity index is 809. The second kappa shape index (κ2) is 5.98. The smallest absolute Gasteiger partial charge is 0.280 e. The van der Waals surface area contributed by atoms with Gasteiger partial charge in [-0.2, -0.15) is 4.98 Å². The Morgan fingerprint density at radius 1 is 1.61 bits per heavy atom. The topological polar surface area (TPSA) is 149 Å². The maximum atomic E-state index is 11.8. The molecule has 2 unspecified atom stereocenters. The summed E-state index contributed by atoms with van der Waals surface area (Å²) in [6.07, 6.45) is 2.81. The fourth-order valence-electron chi connectivity index (χ4n) is 2.55. The van der Waals surface area contributed by atoms with Crippen molar-refractivity contribution < 1.29 is 19.7 Å². The third-order valence-corrected chi connectivity index (χ3v) is 3.58. The van der Waals surface area contributed by atoms with Crippen LogP contribution in [0, 0.1) is 12.3 Å². The molecule has 1 aliphatic rings. The summed E-state index contributed by atoms with van der Waals surface area (Å²) in [4.78, 5) is 22.2. The Hall–Kier alpha value is -2.45. The molecule has 0 spiro atoms. The van der Waals surface area contributed by atoms with Crippen molar-refractivity contribution >= 4 is 17.1 Å². The number of anilines is 1. The molecule has 2 aromatic rings. The molecule has 3 rings (SSSR count). The van der Waals surface area contributed by atoms with Gasteiger partial charge in [-0.3, -0.25) is 14.3 Å². The number of rotatable bonds is 4. The molecule has 0 radical (unpaired) electrons. The van der Waals surface area contributed by atoms with Crippen molar-refractivity contribution in [1.82, 2.24) is 19.5 Å². The van der Waals surface area contributed by atoms with Crippen LogP contribution in [0.5, 0.6) is 0 Å². The molecule has 0 saturated carbocycles. The van der Waals surface area contributed by atoms with Gasteiger partial charge in [0.05, 0.1) is 12.9 Å². The minimum atomic E-state index is -1.10. The number of nitrogens with one attached hydrogen (secondary N) is 1. The lowest BCUT2D eigenvalue weighted by Crippen LogP contribution is -2.35. The molecule has 2 aromatic heterocycles. The number of fused-ring (bicyclic) bond motifs is 1. The van der Waals surface area contributed by atoms with E-state index in [-0.39, 0.29) is 23.7 Å². The average molecular weight is 321 g/mol. The van der Waals surface area contributed by atoms with E-state index in [0.29, 0.717) is 0 Å². The second-order valence-electron chi connectivity index (χ2n) is 4.99. The molecule has 1 aliphatic heterocycles. The summed E-state index contributed by atoms with van der Waals surface area (Å²) < 4.78 is 12.4. The Morgan fingerprint density at radius 2 is 2.39 bits per heavy atom. The van der Waals surface area contributed by atoms with Crippen LogP contribution >= 0.6 is 0 Å². The summed E-state index contributed by atoms with van der Waals surface area (Å²) >= 11 is 0. The third-order valence-electron chi connectivity index (χ3n) is 3.58. The van der Waals surface area contributed by atoms with Crippen LogP contribution in [0.3, 0.4) is 0 Å². The summed E-state index contributed by atoms with van der Waals surface area (Å²) in [5.74, 6) is 2.22. The zero-order valence-electron chi connectivity index (χ0n) is 11.9. The van der Waals surface area contributed by atoms with Gasteiger partial charge in [0.1, 0.15) is 24.9 Å². The number of aromatic amines is 1. The van der Waals surface area contributed by atoms with E-state index < -0.39 is 36.7 Å². The van der Waals surface area contributed by atoms with Crippen LogP contribution in [0.1, 0.15) is 6.23 Å². The summed E-state index contributed by atoms with van der Waals surface area (Å²) in [7, 11) is 0. The first-order valence-electron chi connectivity index (χ1n) is 6.78. The highest BCUT2D eigenvalue weighted by molar-refractivity contribution is 5.70. The summed E-state index contributed by atoms with van der Waals surface area (Å²) in [6.45, 7) is -0.459. The van der Waals surface area contributed by atoms with Crippen molar-refractivity contribution in [2.45, 2.75) is 24.5 Å². The van der Waals surface area contributed by atoms with Crippen molar-refractivity contribution in [2.75, 3.05) is 18.9 Å². The van der Waals surface area contributed by atoms with E-state index in [1.54, 1.807) is 0 Å². The molecule has 0 amide bonds. The number of H-pyrrole nitrogens is 1. The van der Waals surface area contributed by atoms with E-state index in [1.165, 1.54) is 10.9 Å². The standard InChI is InChI=1S/C13H15N5O5/c1-2-3-22-9-8(20)6(4-19)23-12(9)18-5-15-7-10(18)16-13(14)17-11(7)21/h1,5-6,8-9,12,19-20H,3-4H2,(H3,14,16,17,21)/t6-,8?,9?,12-/m1/s1. The van der Waals surface area contributed by atoms with Gasteiger partial charge in [-0.25, -0.2) is 4.98 Å². The lowest BCUT2D eigenvalue weighted by molar-refractivity contribution is -0.0636. The maximum Gasteiger partial charge on any atom is 0.280 e. The van der Waals surface area contributed by atoms with Crippen LogP contribution in [0.4, 0.5) is 5.95 Å². The van der Waals surface area contributed by atoms with Gasteiger partial charge in [0.15, 0.2) is 17.4 Å². The molecule has 0 bridgehead atoms. The number of aliphatic hydroxyl groups is 2. The average Bonchev–Trinajstić information content (AvgIpc) is 3.06. The van der Waals surface area contributed by atoms with Crippen molar-refractivity contribution in [1.29, 1.82) is 0 Å². The predicted octanol–water partition coefficient (Wildman–Crippen LogP) is -2.03. The summed E-state index contributed by atoms with van der Waals surface area (Å²) in [5.41, 5.74) is 5.30. The highest BCUT2D eigenvalue weighted by atomic mass is 16.6. The molecule has 1 fully saturated rings. The lowest BCUT2D eigenvalue weighted by Gasteiger charge is -2.20. The van der Waals surface area contributed by atoms with Crippen LogP contribution < -0.4 is 11.3 Å². The van der Waals surface area contributed by atoms with Crippen LogP contribution in [-0.2, 0) is 9.47 Å². The van der Waals surface area contributed by atoms with Gasteiger partial charge in [-0.1, -0.05) is 5.92 Å². The number of nitrogens with two attached hydrogens (primary N) is 1. The highest BCUT2D eigenvalue weighted by Gasteiger charge is 2.45. The highest BCUT2D eigenvalue weighted by Crippen LogP contribution is 2.33. The molecule has 3 heterocycles. The monoisotopic (exact) mass is 321 g/mol. The largest absolute Gasteiger partial charge is 0.394 e. The number of nitrogen functional groups attached to an aromatic ring is 1. The number of ether oxygens (including phenoxy) is 2. The van der Waals surface area contributed by atoms with E-state index in [9.17, 15) is 15.0 Å². The Balaban J connectivity index is 2.05. The number of aliphatic hydroxyl groups excluding tert-OH is 2. The first kappa shape index (κ1) is 15.4. The molecular weight excluding hydrogens is 306 g/mol. The van der Waals surface area contributed by atoms with E-state index in [2.05, 4.69) is 20.9 Å². The molecule has 122 valence electrons. The normalized spacial score (nSPS) is 27.3. The van der Waals surface area contributed by atoms with Crippen molar-refractivity contribution in [3.63, 3.8) is 0 Å². The van der Waals surface area contributed by atoms with Gasteiger partial charge in [0.25, 0.3) is 5.56 Å². The molecule has 0 aromatic carbocycles. The van der Waals surface area contributed by atoms with Crippen molar-refractivity contribution in [2.24, 2.45) is 0 Å². The number of aromatic nitrogens is 4. The Morgan fingerprint density at radius 3 is 3.09 bits per heavy atom. The first-order chi connectivity index (χ1) is 11.1. The Labute approximate surface area is 129 Å². The number of hydrogen-bond acceptors (Lipinski definition) is 8. The SMILES string of the molecule is C#CCOC1C(O)[C@@H](CO)O[C@H]1n1cnc2c(=O)[nH]c(N)nc21. The third kappa shape index (κ3) is 2.55. The maximum absolute atomic E-state index is 11.8. The van der Waals surface area contributed by atoms with Gasteiger partial charge in [0, 0.05) is 0 Å². The van der Waals surface area contributed by atoms with E-state index >= 15 is 0 Å². The molecule has 0 aliphatic carbocycles. The quantitative estimate of drug-likeness (QED) is 0.471. The number of nitrogens with zero attached hydrogens (tertiary/aromatic N) is 3. The van der Waals surface area contributed by atoms with Gasteiger partial charge >= 0.3 is 0 Å². The number of terminal acetylenes is 1.